The fourth-order valence-electron chi connectivity index (χ4n) is 3.25. The highest BCUT2D eigenvalue weighted by Gasteiger charge is 2.20. The molecule has 1 fully saturated rings. The molecule has 3 rings (SSSR count). The normalized spacial score (nSPS) is 23.3. The Morgan fingerprint density at radius 3 is 2.85 bits per heavy atom. The minimum atomic E-state index is 0.844. The highest BCUT2D eigenvalue weighted by Crippen LogP contribution is 2.35. The van der Waals surface area contributed by atoms with Gasteiger partial charge in [-0.1, -0.05) is 56.0 Å². The van der Waals surface area contributed by atoms with Crippen molar-refractivity contribution in [2.24, 2.45) is 11.8 Å². The molecule has 0 spiro atoms. The number of benzene rings is 1. The van der Waals surface area contributed by atoms with Crippen LogP contribution in [-0.4, -0.2) is 6.54 Å². The molecular formula is C17H22ClNS. The second kappa shape index (κ2) is 6.46. The molecule has 1 saturated carbocycles. The van der Waals surface area contributed by atoms with E-state index in [4.69, 9.17) is 11.6 Å². The molecule has 2 aromatic rings. The number of hydrogen-bond acceptors (Lipinski definition) is 2. The predicted octanol–water partition coefficient (Wildman–Crippen LogP) is 5.47. The van der Waals surface area contributed by atoms with E-state index in [0.717, 1.165) is 29.9 Å². The Labute approximate surface area is 130 Å². The molecule has 0 saturated heterocycles. The van der Waals surface area contributed by atoms with Crippen LogP contribution >= 0.6 is 22.9 Å². The maximum atomic E-state index is 6.48. The van der Waals surface area contributed by atoms with Gasteiger partial charge in [0.1, 0.15) is 0 Å². The molecule has 108 valence electrons. The topological polar surface area (TPSA) is 12.0 Å². The molecule has 0 radical (unpaired) electrons. The van der Waals surface area contributed by atoms with Crippen molar-refractivity contribution in [1.29, 1.82) is 0 Å². The molecule has 2 atom stereocenters. The monoisotopic (exact) mass is 307 g/mol. The Hall–Kier alpha value is -0.570. The molecule has 0 aliphatic heterocycles. The van der Waals surface area contributed by atoms with Crippen molar-refractivity contribution < 1.29 is 0 Å². The fourth-order valence-corrected chi connectivity index (χ4v) is 4.72. The predicted molar refractivity (Wildman–Crippen MR) is 89.7 cm³/mol. The van der Waals surface area contributed by atoms with Gasteiger partial charge in [0.25, 0.3) is 0 Å². The summed E-state index contributed by atoms with van der Waals surface area (Å²) in [6, 6.07) is 8.40. The average Bonchev–Trinajstić information content (AvgIpc) is 2.78. The maximum Gasteiger partial charge on any atom is 0.0636 e. The van der Waals surface area contributed by atoms with Gasteiger partial charge >= 0.3 is 0 Å². The molecule has 1 nitrogen and oxygen atoms in total. The molecule has 1 N–H and O–H groups in total. The standard InChI is InChI=1S/C17H22ClNS/c1-12-6-2-3-7-13(12)10-19-11-16-17(18)14-8-4-5-9-15(14)20-16/h4-5,8-9,12-13,19H,2-3,6-7,10-11H2,1H3. The first-order valence-corrected chi connectivity index (χ1v) is 8.82. The lowest BCUT2D eigenvalue weighted by Crippen LogP contribution is -2.28. The first-order chi connectivity index (χ1) is 9.75. The van der Waals surface area contributed by atoms with E-state index in [2.05, 4.69) is 36.5 Å². The summed E-state index contributed by atoms with van der Waals surface area (Å²) in [5.41, 5.74) is 0. The summed E-state index contributed by atoms with van der Waals surface area (Å²) in [5.74, 6) is 1.71. The van der Waals surface area contributed by atoms with Crippen LogP contribution in [0.25, 0.3) is 10.1 Å². The van der Waals surface area contributed by atoms with Gasteiger partial charge in [0.05, 0.1) is 5.02 Å². The summed E-state index contributed by atoms with van der Waals surface area (Å²) in [4.78, 5) is 1.27. The summed E-state index contributed by atoms with van der Waals surface area (Å²) < 4.78 is 1.29. The van der Waals surface area contributed by atoms with Crippen LogP contribution in [0.3, 0.4) is 0 Å². The van der Waals surface area contributed by atoms with Gasteiger partial charge in [-0.25, -0.2) is 0 Å². The molecule has 1 aliphatic rings. The summed E-state index contributed by atoms with van der Waals surface area (Å²) in [6.07, 6.45) is 5.60. The van der Waals surface area contributed by atoms with Gasteiger partial charge < -0.3 is 5.32 Å². The first-order valence-electron chi connectivity index (χ1n) is 7.62. The highest BCUT2D eigenvalue weighted by molar-refractivity contribution is 7.19. The van der Waals surface area contributed by atoms with Gasteiger partial charge in [-0.15, -0.1) is 11.3 Å². The van der Waals surface area contributed by atoms with Crippen LogP contribution < -0.4 is 5.32 Å². The van der Waals surface area contributed by atoms with E-state index in [1.54, 1.807) is 0 Å². The van der Waals surface area contributed by atoms with Gasteiger partial charge in [0.2, 0.25) is 0 Å². The second-order valence-electron chi connectivity index (χ2n) is 5.99. The third kappa shape index (κ3) is 3.03. The Balaban J connectivity index is 1.61. The smallest absolute Gasteiger partial charge is 0.0636 e. The highest BCUT2D eigenvalue weighted by atomic mass is 35.5. The number of thiophene rings is 1. The third-order valence-electron chi connectivity index (χ3n) is 4.58. The van der Waals surface area contributed by atoms with E-state index >= 15 is 0 Å². The second-order valence-corrected chi connectivity index (χ2v) is 7.50. The van der Waals surface area contributed by atoms with Crippen molar-refractivity contribution in [3.63, 3.8) is 0 Å². The fraction of sp³-hybridized carbons (Fsp3) is 0.529. The van der Waals surface area contributed by atoms with E-state index in [1.165, 1.54) is 40.6 Å². The summed E-state index contributed by atoms with van der Waals surface area (Å²) in [6.45, 7) is 4.44. The van der Waals surface area contributed by atoms with Gasteiger partial charge in [-0.05, 0) is 30.9 Å². The molecule has 0 bridgehead atoms. The maximum absolute atomic E-state index is 6.48. The Morgan fingerprint density at radius 1 is 1.25 bits per heavy atom. The van der Waals surface area contributed by atoms with E-state index in [-0.39, 0.29) is 0 Å². The van der Waals surface area contributed by atoms with E-state index < -0.39 is 0 Å². The van der Waals surface area contributed by atoms with Crippen molar-refractivity contribution in [3.05, 3.63) is 34.2 Å². The van der Waals surface area contributed by atoms with Crippen LogP contribution in [0.2, 0.25) is 5.02 Å². The van der Waals surface area contributed by atoms with E-state index in [1.807, 2.05) is 11.3 Å². The Kier molecular flexibility index (Phi) is 4.65. The molecule has 1 aliphatic carbocycles. The van der Waals surface area contributed by atoms with Crippen LogP contribution in [0.5, 0.6) is 0 Å². The quantitative estimate of drug-likeness (QED) is 0.789. The van der Waals surface area contributed by atoms with Crippen LogP contribution in [0.4, 0.5) is 0 Å². The molecule has 3 heteroatoms. The molecule has 1 heterocycles. The van der Waals surface area contributed by atoms with Crippen molar-refractivity contribution in [3.8, 4) is 0 Å². The lowest BCUT2D eigenvalue weighted by molar-refractivity contribution is 0.248. The summed E-state index contributed by atoms with van der Waals surface area (Å²) in [5, 5.41) is 5.77. The van der Waals surface area contributed by atoms with Gasteiger partial charge in [-0.2, -0.15) is 0 Å². The van der Waals surface area contributed by atoms with Crippen LogP contribution in [0.1, 0.15) is 37.5 Å². The van der Waals surface area contributed by atoms with Gasteiger partial charge in [-0.3, -0.25) is 0 Å². The Bertz CT molecular complexity index is 577. The Morgan fingerprint density at radius 2 is 2.05 bits per heavy atom. The summed E-state index contributed by atoms with van der Waals surface area (Å²) in [7, 11) is 0. The number of rotatable bonds is 4. The lowest BCUT2D eigenvalue weighted by Gasteiger charge is -2.28. The van der Waals surface area contributed by atoms with E-state index in [9.17, 15) is 0 Å². The minimum Gasteiger partial charge on any atom is -0.312 e. The molecule has 1 aromatic heterocycles. The zero-order chi connectivity index (χ0) is 13.9. The third-order valence-corrected chi connectivity index (χ3v) is 6.30. The zero-order valence-corrected chi connectivity index (χ0v) is 13.6. The zero-order valence-electron chi connectivity index (χ0n) is 12.0. The van der Waals surface area contributed by atoms with E-state index in [0.29, 0.717) is 0 Å². The minimum absolute atomic E-state index is 0.844. The van der Waals surface area contributed by atoms with Crippen LogP contribution in [-0.2, 0) is 6.54 Å². The molecular weight excluding hydrogens is 286 g/mol. The molecule has 2 unspecified atom stereocenters. The first kappa shape index (κ1) is 14.4. The van der Waals surface area contributed by atoms with Gasteiger partial charge in [0, 0.05) is 21.5 Å². The van der Waals surface area contributed by atoms with Gasteiger partial charge in [0.15, 0.2) is 0 Å². The number of halogens is 1. The average molecular weight is 308 g/mol. The van der Waals surface area contributed by atoms with Crippen molar-refractivity contribution in [2.75, 3.05) is 6.54 Å². The number of fused-ring (bicyclic) bond motifs is 1. The van der Waals surface area contributed by atoms with Crippen molar-refractivity contribution in [2.45, 2.75) is 39.2 Å². The van der Waals surface area contributed by atoms with Crippen LogP contribution in [0.15, 0.2) is 24.3 Å². The summed E-state index contributed by atoms with van der Waals surface area (Å²) >= 11 is 8.29. The number of nitrogens with one attached hydrogen (secondary N) is 1. The lowest BCUT2D eigenvalue weighted by atomic mass is 9.80. The van der Waals surface area contributed by atoms with Crippen LogP contribution in [0, 0.1) is 11.8 Å². The largest absolute Gasteiger partial charge is 0.312 e. The van der Waals surface area contributed by atoms with Crippen molar-refractivity contribution >= 4 is 33.0 Å². The SMILES string of the molecule is CC1CCCCC1CNCc1sc2ccccc2c1Cl. The van der Waals surface area contributed by atoms with Crippen molar-refractivity contribution in [1.82, 2.24) is 5.32 Å². The number of hydrogen-bond donors (Lipinski definition) is 1. The molecule has 1 aromatic carbocycles. The molecule has 0 amide bonds. The molecule has 20 heavy (non-hydrogen) atoms.